The number of aliphatic hydroxyl groups excluding tert-OH is 1. The van der Waals surface area contributed by atoms with Crippen LogP contribution in [0.5, 0.6) is 0 Å². The van der Waals surface area contributed by atoms with Crippen molar-refractivity contribution in [3.05, 3.63) is 0 Å². The van der Waals surface area contributed by atoms with Gasteiger partial charge >= 0.3 is 229 Å². The van der Waals surface area contributed by atoms with Crippen molar-refractivity contribution in [1.29, 1.82) is 0 Å². The summed E-state index contributed by atoms with van der Waals surface area (Å²) in [6.07, 6.45) is 36.3. The van der Waals surface area contributed by atoms with E-state index in [0.717, 1.165) is 0 Å². The number of hydrogen-bond donors (Lipinski definition) is 3. The Hall–Kier alpha value is -0.301. The Balaban J connectivity index is 0. The van der Waals surface area contributed by atoms with Crippen LogP contribution < -0.4 is 0 Å². The number of rotatable bonds is 33. The van der Waals surface area contributed by atoms with Gasteiger partial charge in [0, 0.05) is 0 Å². The molecule has 0 spiro atoms. The van der Waals surface area contributed by atoms with E-state index < -0.39 is 42.8 Å². The maximum atomic E-state index is 9.72. The quantitative estimate of drug-likeness (QED) is 0.0461. The Bertz CT molecular complexity index is 576. The van der Waals surface area contributed by atoms with E-state index >= 15 is 0 Å². The summed E-state index contributed by atoms with van der Waals surface area (Å²) in [6, 6.07) is 0. The first-order valence-electron chi connectivity index (χ1n) is 19.4. The third-order valence-electron chi connectivity index (χ3n) is 9.40. The summed E-state index contributed by atoms with van der Waals surface area (Å²) < 4.78 is 6.92. The van der Waals surface area contributed by atoms with Gasteiger partial charge in [0.2, 0.25) is 0 Å². The maximum absolute atomic E-state index is 9.72. The van der Waals surface area contributed by atoms with Crippen LogP contribution in [0, 0.1) is 0 Å². The summed E-state index contributed by atoms with van der Waals surface area (Å²) in [5, 5.41) is 24.1. The fourth-order valence-electron chi connectivity index (χ4n) is 6.43. The number of carbonyl (C=O) groups is 2. The molecule has 0 saturated heterocycles. The first-order chi connectivity index (χ1) is 21.3. The van der Waals surface area contributed by atoms with Crippen molar-refractivity contribution in [2.75, 3.05) is 0 Å². The molecule has 0 fully saturated rings. The number of carboxylic acid groups (broad SMARTS) is 2. The van der Waals surface area contributed by atoms with Gasteiger partial charge in [-0.3, -0.25) is 4.79 Å². The molecule has 5 nitrogen and oxygen atoms in total. The summed E-state index contributed by atoms with van der Waals surface area (Å²) in [5.74, 6) is -2.85. The van der Waals surface area contributed by atoms with Crippen LogP contribution >= 0.6 is 0 Å². The Morgan fingerprint density at radius 1 is 0.432 bits per heavy atom. The molecule has 0 radical (unpaired) electrons. The van der Waals surface area contributed by atoms with Gasteiger partial charge in [-0.2, -0.15) is 0 Å². The van der Waals surface area contributed by atoms with E-state index in [1.807, 2.05) is 0 Å². The monoisotopic (exact) mass is 734 g/mol. The van der Waals surface area contributed by atoms with Crippen LogP contribution in [0.4, 0.5) is 0 Å². The zero-order chi connectivity index (χ0) is 33.2. The molecule has 6 heteroatoms. The minimum atomic E-state index is -1.90. The number of hydrogen-bond acceptors (Lipinski definition) is 3. The molecule has 1 unspecified atom stereocenters. The van der Waals surface area contributed by atoms with E-state index in [1.54, 1.807) is 56.3 Å². The third-order valence-corrected chi connectivity index (χ3v) is 25.5. The van der Waals surface area contributed by atoms with Gasteiger partial charge in [-0.05, 0) is 0 Å². The second kappa shape index (κ2) is 35.6. The molecule has 44 heavy (non-hydrogen) atoms. The van der Waals surface area contributed by atoms with Crippen LogP contribution in [0.25, 0.3) is 0 Å². The standard InChI is InChI=1S/2C13H27.C4H6O5.2C4H9.Sn/c2*1-3-5-7-9-11-13-12-10-8-6-4-2;5-2(4(8)9)1-3(6)7;2*1-3-4-2;/h2*1,3-13H2,2H3;2,5H,1H2,(H,6,7)(H,8,9);2*1,3-4H2,2H3;. The third kappa shape index (κ3) is 33.1. The molecule has 0 amide bonds. The van der Waals surface area contributed by atoms with Crippen LogP contribution in [-0.4, -0.2) is 51.7 Å². The minimum absolute atomic E-state index is 0.755. The van der Waals surface area contributed by atoms with Gasteiger partial charge in [0.05, 0.1) is 6.42 Å². The van der Waals surface area contributed by atoms with E-state index in [1.165, 1.54) is 128 Å². The van der Waals surface area contributed by atoms with Crippen LogP contribution in [0.2, 0.25) is 17.7 Å². The van der Waals surface area contributed by atoms with Crippen molar-refractivity contribution in [1.82, 2.24) is 0 Å². The Kier molecular flexibility index (Phi) is 37.0. The summed E-state index contributed by atoms with van der Waals surface area (Å²) in [7, 11) is 0. The summed E-state index contributed by atoms with van der Waals surface area (Å²) in [4.78, 5) is 19.4. The SMILES string of the molecule is CCCCCCCCCCCC[CH2][Sn]([CH2]CCC)([CH2]CCC)[CH2]CCCCCCCCCCCC.O=C(O)CC(O)C(=O)O. The van der Waals surface area contributed by atoms with Gasteiger partial charge in [-0.15, -0.1) is 0 Å². The Morgan fingerprint density at radius 3 is 0.909 bits per heavy atom. The van der Waals surface area contributed by atoms with Crippen LogP contribution in [-0.2, 0) is 9.59 Å². The molecule has 0 bridgehead atoms. The average molecular weight is 734 g/mol. The zero-order valence-corrected chi connectivity index (χ0v) is 33.0. The molecular weight excluding hydrogens is 655 g/mol. The van der Waals surface area contributed by atoms with Crippen LogP contribution in [0.15, 0.2) is 0 Å². The summed E-state index contributed by atoms with van der Waals surface area (Å²) in [6.45, 7) is 9.50. The van der Waals surface area contributed by atoms with E-state index in [9.17, 15) is 9.59 Å². The molecule has 264 valence electrons. The average Bonchev–Trinajstić information content (AvgIpc) is 3.00. The van der Waals surface area contributed by atoms with Crippen LogP contribution in [0.1, 0.15) is 201 Å². The Morgan fingerprint density at radius 2 is 0.682 bits per heavy atom. The van der Waals surface area contributed by atoms with E-state index in [2.05, 4.69) is 27.7 Å². The van der Waals surface area contributed by atoms with Gasteiger partial charge < -0.3 is 15.3 Å². The second-order valence-corrected chi connectivity index (χ2v) is 28.0. The summed E-state index contributed by atoms with van der Waals surface area (Å²) in [5.41, 5.74) is 0. The number of aliphatic hydroxyl groups is 1. The van der Waals surface area contributed by atoms with Crippen molar-refractivity contribution < 1.29 is 24.9 Å². The number of unbranched alkanes of at least 4 members (excludes halogenated alkanes) is 22. The number of aliphatic carboxylic acids is 2. The molecule has 0 heterocycles. The fourth-order valence-corrected chi connectivity index (χ4v) is 22.7. The van der Waals surface area contributed by atoms with Gasteiger partial charge in [0.15, 0.2) is 6.10 Å². The molecule has 0 aliphatic heterocycles. The molecule has 0 aromatic heterocycles. The first kappa shape index (κ1) is 45.8. The van der Waals surface area contributed by atoms with E-state index in [0.29, 0.717) is 0 Å². The first-order valence-corrected chi connectivity index (χ1v) is 27.5. The Labute approximate surface area is 279 Å². The van der Waals surface area contributed by atoms with E-state index in [4.69, 9.17) is 15.3 Å². The molecule has 0 aliphatic rings. The van der Waals surface area contributed by atoms with Crippen molar-refractivity contribution in [3.63, 3.8) is 0 Å². The van der Waals surface area contributed by atoms with Crippen molar-refractivity contribution >= 4 is 30.3 Å². The molecule has 0 aromatic rings. The predicted molar refractivity (Wildman–Crippen MR) is 194 cm³/mol. The molecule has 0 rings (SSSR count). The van der Waals surface area contributed by atoms with E-state index in [-0.39, 0.29) is 0 Å². The smallest absolute Gasteiger partial charge is 0.481 e. The minimum Gasteiger partial charge on any atom is -0.481 e. The number of carboxylic acids is 2. The second-order valence-electron chi connectivity index (χ2n) is 13.7. The normalized spacial score (nSPS) is 12.1. The molecule has 0 aliphatic carbocycles. The van der Waals surface area contributed by atoms with Gasteiger partial charge in [0.25, 0.3) is 0 Å². The van der Waals surface area contributed by atoms with Crippen molar-refractivity contribution in [2.24, 2.45) is 0 Å². The van der Waals surface area contributed by atoms with Crippen molar-refractivity contribution in [2.45, 2.75) is 225 Å². The molecule has 0 aromatic carbocycles. The van der Waals surface area contributed by atoms with Crippen molar-refractivity contribution in [3.8, 4) is 0 Å². The molecule has 1 atom stereocenters. The van der Waals surface area contributed by atoms with Gasteiger partial charge in [0.1, 0.15) is 0 Å². The molecule has 3 N–H and O–H groups in total. The zero-order valence-electron chi connectivity index (χ0n) is 30.2. The van der Waals surface area contributed by atoms with Gasteiger partial charge in [-0.25, -0.2) is 4.79 Å². The van der Waals surface area contributed by atoms with Crippen LogP contribution in [0.3, 0.4) is 0 Å². The topological polar surface area (TPSA) is 94.8 Å². The summed E-state index contributed by atoms with van der Waals surface area (Å²) >= 11 is -1.90. The fraction of sp³-hybridized carbons (Fsp3) is 0.947. The van der Waals surface area contributed by atoms with Gasteiger partial charge in [-0.1, -0.05) is 13.8 Å². The predicted octanol–water partition coefficient (Wildman–Crippen LogP) is 12.6. The molecule has 0 saturated carbocycles. The molecular formula is C38H78O5Sn.